The smallest absolute Gasteiger partial charge is 0.146 e. The van der Waals surface area contributed by atoms with Crippen molar-refractivity contribution in [2.24, 2.45) is 5.92 Å². The number of anilines is 1. The van der Waals surface area contributed by atoms with Crippen molar-refractivity contribution in [3.63, 3.8) is 0 Å². The quantitative estimate of drug-likeness (QED) is 0.836. The minimum Gasteiger partial charge on any atom is -0.367 e. The monoisotopic (exact) mass is 269 g/mol. The first kappa shape index (κ1) is 14.1. The Morgan fingerprint density at radius 3 is 2.60 bits per heavy atom. The third-order valence-electron chi connectivity index (χ3n) is 3.05. The van der Waals surface area contributed by atoms with Crippen LogP contribution >= 0.6 is 0 Å². The molecule has 1 heterocycles. The van der Waals surface area contributed by atoms with Gasteiger partial charge in [0.2, 0.25) is 0 Å². The molecule has 2 aromatic rings. The molecular weight excluding hydrogens is 250 g/mol. The molecule has 0 radical (unpaired) electrons. The fourth-order valence-electron chi connectivity index (χ4n) is 2.00. The molecule has 5 heteroatoms. The Bertz CT molecular complexity index is 591. The molecule has 0 aliphatic carbocycles. The minimum atomic E-state index is 0.538. The van der Waals surface area contributed by atoms with E-state index >= 15 is 0 Å². The lowest BCUT2D eigenvalue weighted by Crippen LogP contribution is -2.21. The zero-order valence-electron chi connectivity index (χ0n) is 12.1. The van der Waals surface area contributed by atoms with Gasteiger partial charge in [0.05, 0.1) is 18.2 Å². The Balaban J connectivity index is 2.09. The zero-order chi connectivity index (χ0) is 14.5. The van der Waals surface area contributed by atoms with Gasteiger partial charge >= 0.3 is 0 Å². The molecule has 0 fully saturated rings. The number of hydrogen-bond donors (Lipinski definition) is 0. The molecule has 0 saturated carbocycles. The average Bonchev–Trinajstić information content (AvgIpc) is 2.85. The molecule has 0 saturated heterocycles. The molecule has 1 aromatic carbocycles. The van der Waals surface area contributed by atoms with Gasteiger partial charge in [-0.15, -0.1) is 0 Å². The van der Waals surface area contributed by atoms with E-state index in [0.717, 1.165) is 18.1 Å². The number of nitriles is 1. The van der Waals surface area contributed by atoms with Crippen LogP contribution < -0.4 is 4.90 Å². The van der Waals surface area contributed by atoms with E-state index in [-0.39, 0.29) is 0 Å². The largest absolute Gasteiger partial charge is 0.367 e. The lowest BCUT2D eigenvalue weighted by atomic mass is 10.2. The summed E-state index contributed by atoms with van der Waals surface area (Å²) in [4.78, 5) is 6.43. The predicted octanol–water partition coefficient (Wildman–Crippen LogP) is 2.44. The normalized spacial score (nSPS) is 10.6. The molecule has 104 valence electrons. The first-order valence-corrected chi connectivity index (χ1v) is 6.68. The molecule has 0 unspecified atom stereocenters. The summed E-state index contributed by atoms with van der Waals surface area (Å²) in [5.74, 6) is 1.49. The van der Waals surface area contributed by atoms with E-state index in [0.29, 0.717) is 18.0 Å². The van der Waals surface area contributed by atoms with Crippen LogP contribution in [0.5, 0.6) is 0 Å². The molecule has 1 aromatic heterocycles. The fourth-order valence-corrected chi connectivity index (χ4v) is 2.00. The summed E-state index contributed by atoms with van der Waals surface area (Å²) in [6.45, 7) is 5.89. The van der Waals surface area contributed by atoms with E-state index < -0.39 is 0 Å². The molecule has 0 aliphatic rings. The Morgan fingerprint density at radius 1 is 1.30 bits per heavy atom. The van der Waals surface area contributed by atoms with E-state index in [1.54, 1.807) is 6.33 Å². The van der Waals surface area contributed by atoms with Gasteiger partial charge in [-0.05, 0) is 30.2 Å². The van der Waals surface area contributed by atoms with Gasteiger partial charge in [0.15, 0.2) is 0 Å². The fraction of sp³-hybridized carbons (Fsp3) is 0.400. The number of benzene rings is 1. The molecule has 0 amide bonds. The maximum atomic E-state index is 8.81. The van der Waals surface area contributed by atoms with E-state index in [1.807, 2.05) is 36.0 Å². The topological polar surface area (TPSA) is 57.7 Å². The third kappa shape index (κ3) is 3.35. The summed E-state index contributed by atoms with van der Waals surface area (Å²) < 4.78 is 1.95. The highest BCUT2D eigenvalue weighted by Crippen LogP contribution is 2.15. The van der Waals surface area contributed by atoms with Crippen LogP contribution in [0.1, 0.15) is 25.2 Å². The molecule has 0 spiro atoms. The number of aromatic nitrogens is 3. The Kier molecular flexibility index (Phi) is 4.36. The Hall–Kier alpha value is -2.35. The van der Waals surface area contributed by atoms with Crippen LogP contribution in [0.25, 0.3) is 0 Å². The van der Waals surface area contributed by atoms with E-state index in [9.17, 15) is 0 Å². The summed E-state index contributed by atoms with van der Waals surface area (Å²) in [5.41, 5.74) is 1.73. The summed E-state index contributed by atoms with van der Waals surface area (Å²) >= 11 is 0. The van der Waals surface area contributed by atoms with Crippen molar-refractivity contribution in [3.05, 3.63) is 42.0 Å². The summed E-state index contributed by atoms with van der Waals surface area (Å²) in [6, 6.07) is 9.66. The van der Waals surface area contributed by atoms with Crippen LogP contribution in [0.2, 0.25) is 0 Å². The molecule has 0 aliphatic heterocycles. The highest BCUT2D eigenvalue weighted by atomic mass is 15.3. The van der Waals surface area contributed by atoms with Gasteiger partial charge in [-0.25, -0.2) is 9.67 Å². The van der Waals surface area contributed by atoms with E-state index in [2.05, 4.69) is 34.9 Å². The van der Waals surface area contributed by atoms with Crippen molar-refractivity contribution in [3.8, 4) is 6.07 Å². The van der Waals surface area contributed by atoms with Crippen molar-refractivity contribution in [2.45, 2.75) is 26.9 Å². The van der Waals surface area contributed by atoms with E-state index in [1.165, 1.54) is 0 Å². The summed E-state index contributed by atoms with van der Waals surface area (Å²) in [6.07, 6.45) is 1.60. The molecule has 0 N–H and O–H groups in total. The first-order chi connectivity index (χ1) is 9.60. The zero-order valence-corrected chi connectivity index (χ0v) is 12.1. The minimum absolute atomic E-state index is 0.538. The highest BCUT2D eigenvalue weighted by molar-refractivity contribution is 5.48. The lowest BCUT2D eigenvalue weighted by molar-refractivity contribution is 0.465. The average molecular weight is 269 g/mol. The van der Waals surface area contributed by atoms with Crippen LogP contribution in [-0.2, 0) is 13.1 Å². The van der Waals surface area contributed by atoms with Gasteiger partial charge in [-0.2, -0.15) is 10.4 Å². The molecule has 20 heavy (non-hydrogen) atoms. The van der Waals surface area contributed by atoms with Crippen LogP contribution in [0.3, 0.4) is 0 Å². The number of nitrogens with zero attached hydrogens (tertiary/aromatic N) is 5. The molecule has 5 nitrogen and oxygen atoms in total. The number of rotatable bonds is 5. The lowest BCUT2D eigenvalue weighted by Gasteiger charge is -2.19. The Morgan fingerprint density at radius 2 is 2.00 bits per heavy atom. The van der Waals surface area contributed by atoms with Gasteiger partial charge in [-0.3, -0.25) is 0 Å². The van der Waals surface area contributed by atoms with Crippen molar-refractivity contribution >= 4 is 5.69 Å². The summed E-state index contributed by atoms with van der Waals surface area (Å²) in [5, 5.41) is 13.1. The van der Waals surface area contributed by atoms with Crippen LogP contribution in [0, 0.1) is 17.2 Å². The van der Waals surface area contributed by atoms with Crippen molar-refractivity contribution in [1.82, 2.24) is 14.8 Å². The van der Waals surface area contributed by atoms with Gasteiger partial charge < -0.3 is 4.90 Å². The van der Waals surface area contributed by atoms with Crippen LogP contribution in [-0.4, -0.2) is 21.8 Å². The highest BCUT2D eigenvalue weighted by Gasteiger charge is 2.09. The summed E-state index contributed by atoms with van der Waals surface area (Å²) in [7, 11) is 2.01. The van der Waals surface area contributed by atoms with Crippen LogP contribution in [0.4, 0.5) is 5.69 Å². The van der Waals surface area contributed by atoms with Gasteiger partial charge in [0, 0.05) is 19.3 Å². The molecule has 0 atom stereocenters. The SMILES string of the molecule is CC(C)Cn1ncnc1CN(C)c1ccc(C#N)cc1. The molecule has 2 rings (SSSR count). The van der Waals surface area contributed by atoms with Crippen molar-refractivity contribution in [1.29, 1.82) is 5.26 Å². The maximum Gasteiger partial charge on any atom is 0.146 e. The second-order valence-corrected chi connectivity index (χ2v) is 5.27. The van der Waals surface area contributed by atoms with E-state index in [4.69, 9.17) is 5.26 Å². The number of hydrogen-bond acceptors (Lipinski definition) is 4. The first-order valence-electron chi connectivity index (χ1n) is 6.68. The van der Waals surface area contributed by atoms with Gasteiger partial charge in [0.25, 0.3) is 0 Å². The van der Waals surface area contributed by atoms with Gasteiger partial charge in [0.1, 0.15) is 12.2 Å². The van der Waals surface area contributed by atoms with Crippen LogP contribution in [0.15, 0.2) is 30.6 Å². The third-order valence-corrected chi connectivity index (χ3v) is 3.05. The Labute approximate surface area is 119 Å². The standard InChI is InChI=1S/C15H19N5/c1-12(2)9-20-15(17-11-18-20)10-19(3)14-6-4-13(8-16)5-7-14/h4-7,11-12H,9-10H2,1-3H3. The molecule has 0 bridgehead atoms. The van der Waals surface area contributed by atoms with Crippen molar-refractivity contribution in [2.75, 3.05) is 11.9 Å². The second kappa shape index (κ2) is 6.20. The second-order valence-electron chi connectivity index (χ2n) is 5.27. The van der Waals surface area contributed by atoms with Crippen molar-refractivity contribution < 1.29 is 0 Å². The molecular formula is C15H19N5. The maximum absolute atomic E-state index is 8.81. The van der Waals surface area contributed by atoms with Gasteiger partial charge in [-0.1, -0.05) is 13.8 Å². The predicted molar refractivity (Wildman–Crippen MR) is 78.1 cm³/mol.